The zero-order valence-electron chi connectivity index (χ0n) is 35.1. The van der Waals surface area contributed by atoms with Crippen LogP contribution in [-0.4, -0.2) is 64.5 Å². The molecule has 3 rings (SSSR count). The summed E-state index contributed by atoms with van der Waals surface area (Å²) in [5, 5.41) is 9.54. The monoisotopic (exact) mass is 588 g/mol. The van der Waals surface area contributed by atoms with Crippen molar-refractivity contribution in [3.8, 4) is 5.75 Å². The fourth-order valence-corrected chi connectivity index (χ4v) is 2.88. The zero-order valence-corrected chi connectivity index (χ0v) is 21.1. The predicted octanol–water partition coefficient (Wildman–Crippen LogP) is 1.16. The van der Waals surface area contributed by atoms with E-state index in [-0.39, 0.29) is 19.8 Å². The summed E-state index contributed by atoms with van der Waals surface area (Å²) in [6.07, 6.45) is -0.677. The topological polar surface area (TPSA) is 177 Å². The number of ether oxygens (including phenoxy) is 3. The molecule has 0 radical (unpaired) electrons. The quantitative estimate of drug-likeness (QED) is 0.216. The van der Waals surface area contributed by atoms with Crippen LogP contribution in [0.4, 0.5) is 4.39 Å². The highest BCUT2D eigenvalue weighted by atomic mass is 19.1. The van der Waals surface area contributed by atoms with E-state index < -0.39 is 114 Å². The van der Waals surface area contributed by atoms with Crippen molar-refractivity contribution in [2.24, 2.45) is 6.98 Å². The second kappa shape index (κ2) is 13.7. The predicted molar refractivity (Wildman–Crippen MR) is 140 cm³/mol. The number of rotatable bonds is 13. The van der Waals surface area contributed by atoms with Crippen LogP contribution < -0.4 is 20.9 Å². The maximum Gasteiger partial charge on any atom is 0.313 e. The number of nitrogens with zero attached hydrogens (tertiary/aromatic N) is 4. The van der Waals surface area contributed by atoms with E-state index in [1.165, 1.54) is 12.4 Å². The molecule has 0 atom stereocenters. The minimum atomic E-state index is -4.18. The molecular weight excluding hydrogens is 543 g/mol. The third-order valence-electron chi connectivity index (χ3n) is 4.78. The van der Waals surface area contributed by atoms with Crippen LogP contribution in [0.25, 0.3) is 0 Å². The lowest BCUT2D eigenvalue weighted by molar-refractivity contribution is -0.135. The summed E-state index contributed by atoms with van der Waals surface area (Å²) < 4.78 is 145. The Morgan fingerprint density at radius 1 is 1.15 bits per heavy atom. The lowest BCUT2D eigenvalue weighted by atomic mass is 10.0. The molecule has 2 N–H and O–H groups in total. The van der Waals surface area contributed by atoms with Crippen LogP contribution in [-0.2, 0) is 33.3 Å². The van der Waals surface area contributed by atoms with Crippen molar-refractivity contribution in [1.82, 2.24) is 30.4 Å². The van der Waals surface area contributed by atoms with Crippen LogP contribution in [0.15, 0.2) is 33.5 Å². The standard InChI is InChI=1S/C26H31FN6O8/c1-15-31-32-23(40-15)22(36)30-26(2,3)25-29-19(21(35)28-14-16-6-8-17(27)9-7-16)20(24(37)33(25)4)41-18(34)10-11-39-13-12-38-5/h6-9H,10-14H2,1-5H3,(H,28,35)(H,30,36)/i1D3,2D3,3D3,4D3,14D2. The number of carbonyl (C=O) groups is 3. The number of benzene rings is 1. The van der Waals surface area contributed by atoms with Crippen LogP contribution >= 0.6 is 0 Å². The molecule has 2 heterocycles. The molecule has 15 heteroatoms. The molecule has 0 spiro atoms. The molecule has 0 saturated carbocycles. The number of aromatic nitrogens is 4. The maximum atomic E-state index is 14.1. The van der Waals surface area contributed by atoms with Crippen molar-refractivity contribution in [2.75, 3.05) is 26.9 Å². The Labute approximate surface area is 253 Å². The number of hydrogen-bond acceptors (Lipinski definition) is 11. The van der Waals surface area contributed by atoms with Crippen LogP contribution in [0.3, 0.4) is 0 Å². The van der Waals surface area contributed by atoms with E-state index in [0.29, 0.717) is 0 Å². The SMILES string of the molecule is [2H]C([2H])([2H])c1nnc(C(=O)NC(c2nc(C(=O)NC([2H])([2H])c3ccc(F)cc3)c(OC(=O)CCOCCOC)c(=O)n2C([2H])([2H])[2H])(C([2H])([2H])[2H])C([2H])([2H])[2H])o1. The van der Waals surface area contributed by atoms with Crippen molar-refractivity contribution in [2.45, 2.75) is 39.0 Å². The molecule has 220 valence electrons. The number of nitrogens with one attached hydrogen (secondary N) is 2. The zero-order chi connectivity index (χ0) is 41.9. The average Bonchev–Trinajstić information content (AvgIpc) is 3.54. The van der Waals surface area contributed by atoms with Crippen LogP contribution in [0, 0.1) is 12.7 Å². The van der Waals surface area contributed by atoms with Crippen LogP contribution in [0.1, 0.15) is 77.8 Å². The summed E-state index contributed by atoms with van der Waals surface area (Å²) in [6, 6.07) is 3.40. The second-order valence-corrected chi connectivity index (χ2v) is 7.79. The Balaban J connectivity index is 2.41. The summed E-state index contributed by atoms with van der Waals surface area (Å²) >= 11 is 0. The molecule has 0 aliphatic rings. The van der Waals surface area contributed by atoms with Gasteiger partial charge in [0.1, 0.15) is 11.6 Å². The minimum absolute atomic E-state index is 0.0167. The molecule has 41 heavy (non-hydrogen) atoms. The first-order valence-electron chi connectivity index (χ1n) is 18.3. The molecule has 0 unspecified atom stereocenters. The van der Waals surface area contributed by atoms with E-state index in [4.69, 9.17) is 37.8 Å². The number of aryl methyl sites for hydroxylation is 1. The van der Waals surface area contributed by atoms with E-state index in [1.54, 1.807) is 5.32 Å². The molecule has 0 bridgehead atoms. The Kier molecular flexibility index (Phi) is 5.58. The number of methoxy groups -OCH3 is 1. The highest BCUT2D eigenvalue weighted by molar-refractivity contribution is 5.95. The van der Waals surface area contributed by atoms with Gasteiger partial charge >= 0.3 is 17.8 Å². The van der Waals surface area contributed by atoms with Gasteiger partial charge in [0.15, 0.2) is 5.69 Å². The number of esters is 1. The summed E-state index contributed by atoms with van der Waals surface area (Å²) in [6.45, 7) is -18.7. The molecule has 0 aliphatic carbocycles. The first-order chi connectivity index (χ1) is 25.1. The molecular formula is C26H31FN6O8. The van der Waals surface area contributed by atoms with E-state index in [2.05, 4.69) is 15.2 Å². The molecule has 2 amide bonds. The Morgan fingerprint density at radius 3 is 2.59 bits per heavy atom. The molecule has 14 nitrogen and oxygen atoms in total. The first kappa shape index (κ1) is 16.7. The van der Waals surface area contributed by atoms with Gasteiger partial charge in [-0.05, 0) is 31.4 Å². The van der Waals surface area contributed by atoms with Crippen LogP contribution in [0.5, 0.6) is 5.75 Å². The summed E-state index contributed by atoms with van der Waals surface area (Å²) in [5.41, 5.74) is -8.23. The van der Waals surface area contributed by atoms with Gasteiger partial charge in [-0.2, -0.15) is 0 Å². The van der Waals surface area contributed by atoms with E-state index in [9.17, 15) is 23.6 Å². The molecule has 0 saturated heterocycles. The van der Waals surface area contributed by atoms with Crippen molar-refractivity contribution in [3.05, 3.63) is 69.3 Å². The maximum absolute atomic E-state index is 14.1. The Morgan fingerprint density at radius 2 is 1.93 bits per heavy atom. The third kappa shape index (κ3) is 8.25. The highest BCUT2D eigenvalue weighted by Crippen LogP contribution is 2.22. The van der Waals surface area contributed by atoms with Gasteiger partial charge in [0.25, 0.3) is 11.5 Å². The highest BCUT2D eigenvalue weighted by Gasteiger charge is 2.33. The van der Waals surface area contributed by atoms with Gasteiger partial charge in [0, 0.05) is 43.9 Å². The third-order valence-corrected chi connectivity index (χ3v) is 4.78. The van der Waals surface area contributed by atoms with Gasteiger partial charge in [-0.1, -0.05) is 12.1 Å². The summed E-state index contributed by atoms with van der Waals surface area (Å²) in [4.78, 5) is 57.8. The van der Waals surface area contributed by atoms with Crippen molar-refractivity contribution in [3.63, 3.8) is 0 Å². The second-order valence-electron chi connectivity index (χ2n) is 7.79. The molecule has 1 aromatic carbocycles. The fraction of sp³-hybridized carbons (Fsp3) is 0.423. The Hall–Kier alpha value is -4.50. The summed E-state index contributed by atoms with van der Waals surface area (Å²) in [5.74, 6) is -12.0. The van der Waals surface area contributed by atoms with Gasteiger partial charge in [-0.15, -0.1) is 10.2 Å². The van der Waals surface area contributed by atoms with Crippen molar-refractivity contribution >= 4 is 17.8 Å². The van der Waals surface area contributed by atoms with Crippen molar-refractivity contribution in [1.29, 1.82) is 0 Å². The van der Waals surface area contributed by atoms with Gasteiger partial charge in [0.2, 0.25) is 11.6 Å². The van der Waals surface area contributed by atoms with Gasteiger partial charge in [0.05, 0.1) is 34.5 Å². The molecule has 0 aliphatic heterocycles. The average molecular weight is 589 g/mol. The van der Waals surface area contributed by atoms with Crippen LogP contribution in [0.2, 0.25) is 0 Å². The van der Waals surface area contributed by atoms with Gasteiger partial charge < -0.3 is 29.3 Å². The number of carbonyl (C=O) groups excluding carboxylic acids is 3. The number of hydrogen-bond donors (Lipinski definition) is 2. The van der Waals surface area contributed by atoms with Gasteiger partial charge in [-0.3, -0.25) is 23.7 Å². The Bertz CT molecular complexity index is 1930. The van der Waals surface area contributed by atoms with Gasteiger partial charge in [-0.25, -0.2) is 9.37 Å². The first-order valence-corrected chi connectivity index (χ1v) is 11.3. The number of amides is 2. The number of halogens is 1. The van der Waals surface area contributed by atoms with E-state index >= 15 is 0 Å². The summed E-state index contributed by atoms with van der Waals surface area (Å²) in [7, 11) is 1.36. The minimum Gasteiger partial charge on any atom is -0.418 e. The lowest BCUT2D eigenvalue weighted by Crippen LogP contribution is -2.46. The largest absolute Gasteiger partial charge is 0.418 e. The molecule has 3 aromatic rings. The molecule has 2 aromatic heterocycles. The fourth-order valence-electron chi connectivity index (χ4n) is 2.88. The van der Waals surface area contributed by atoms with E-state index in [1.807, 2.05) is 0 Å². The normalized spacial score (nSPS) is 17.9. The lowest BCUT2D eigenvalue weighted by Gasteiger charge is -2.27. The smallest absolute Gasteiger partial charge is 0.313 e. The molecule has 0 fully saturated rings. The van der Waals surface area contributed by atoms with Crippen molar-refractivity contribution < 1.29 is 56.6 Å². The van der Waals surface area contributed by atoms with E-state index in [0.717, 1.165) is 24.3 Å².